The first-order valence-corrected chi connectivity index (χ1v) is 41.8. The molecule has 0 radical (unpaired) electrons. The van der Waals surface area contributed by atoms with Gasteiger partial charge in [0.2, 0.25) is 0 Å². The Balaban J connectivity index is 3.89. The fraction of sp³-hybridized carbons (Fsp3) is 0.701. The van der Waals surface area contributed by atoms with Gasteiger partial charge in [0.15, 0.2) is 6.10 Å². The van der Waals surface area contributed by atoms with Crippen LogP contribution in [-0.4, -0.2) is 49.3 Å². The number of unbranched alkanes of at least 4 members (excludes halogenated alkanes) is 38. The molecule has 97 heavy (non-hydrogen) atoms. The maximum atomic E-state index is 12.8. The molecule has 0 amide bonds. The number of phosphoric acid groups is 1. The van der Waals surface area contributed by atoms with Crippen LogP contribution in [-0.2, 0) is 32.7 Å². The second kappa shape index (κ2) is 80.9. The summed E-state index contributed by atoms with van der Waals surface area (Å²) in [6.07, 6.45) is 117. The normalized spacial score (nSPS) is 13.6. The Kier molecular flexibility index (Phi) is 77.4. The molecular weight excluding hydrogens is 1220 g/mol. The molecule has 10 heteroatoms. The smallest absolute Gasteiger partial charge is 0.462 e. The van der Waals surface area contributed by atoms with E-state index in [0.29, 0.717) is 6.42 Å². The third-order valence-electron chi connectivity index (χ3n) is 17.2. The predicted molar refractivity (Wildman–Crippen MR) is 422 cm³/mol. The summed E-state index contributed by atoms with van der Waals surface area (Å²) in [6.45, 7) is 3.65. The molecule has 556 valence electrons. The van der Waals surface area contributed by atoms with Crippen molar-refractivity contribution in [3.63, 3.8) is 0 Å². The third kappa shape index (κ3) is 80.8. The molecule has 0 aromatic heterocycles. The van der Waals surface area contributed by atoms with Crippen LogP contribution in [0.3, 0.4) is 0 Å². The molecule has 0 aromatic rings. The van der Waals surface area contributed by atoms with E-state index in [0.717, 1.165) is 116 Å². The van der Waals surface area contributed by atoms with Crippen LogP contribution in [0.5, 0.6) is 0 Å². The average molecular weight is 1370 g/mol. The van der Waals surface area contributed by atoms with Gasteiger partial charge in [0, 0.05) is 19.4 Å². The lowest BCUT2D eigenvalue weighted by molar-refractivity contribution is -0.161. The molecule has 0 bridgehead atoms. The Hall–Kier alpha value is -4.11. The lowest BCUT2D eigenvalue weighted by Crippen LogP contribution is -2.29. The maximum Gasteiger partial charge on any atom is 0.472 e. The standard InChI is InChI=1S/C87H150NO8P/c1-3-5-7-9-11-13-15-17-19-21-23-25-27-29-31-33-35-37-39-40-41-42-43-44-46-48-50-52-54-56-58-60-62-64-66-68-70-72-74-76-78-80-87(90)96-85(84-95-97(91,92)94-82-81-88)83-93-86(89)79-77-75-73-71-69-67-65-63-61-59-57-55-53-51-49-47-45-38-36-34-32-30-28-26-24-22-20-18-16-14-12-10-8-6-4-2/h5,7,11,13,17,19,22-25,29,31,35,37,40-41,43-44,48,50,54,56,60,62,85H,3-4,6,8-10,12,14-16,18,20-21,26-28,30,32-34,36,38-39,42,45-47,49,51-53,55,57-59,61,63-84,88H2,1-2H3,(H,91,92)/b7-5-,13-11-,19-17-,24-22-,25-23-,31-29-,37-35-,41-40-,44-43-,50-48-,56-54-,62-60-. The first-order valence-electron chi connectivity index (χ1n) is 40.3. The van der Waals surface area contributed by atoms with Crippen LogP contribution in [0, 0.1) is 0 Å². The fourth-order valence-corrected chi connectivity index (χ4v) is 12.1. The van der Waals surface area contributed by atoms with Gasteiger partial charge < -0.3 is 20.1 Å². The number of phosphoric ester groups is 1. The highest BCUT2D eigenvalue weighted by molar-refractivity contribution is 7.47. The number of carbonyl (C=O) groups excluding carboxylic acids is 2. The van der Waals surface area contributed by atoms with Gasteiger partial charge in [-0.05, 0) is 122 Å². The number of carbonyl (C=O) groups is 2. The third-order valence-corrected chi connectivity index (χ3v) is 18.2. The van der Waals surface area contributed by atoms with Crippen molar-refractivity contribution in [1.82, 2.24) is 0 Å². The van der Waals surface area contributed by atoms with E-state index in [-0.39, 0.29) is 38.6 Å². The van der Waals surface area contributed by atoms with Crippen LogP contribution in [0.2, 0.25) is 0 Å². The highest BCUT2D eigenvalue weighted by atomic mass is 31.2. The first kappa shape index (κ1) is 92.9. The molecule has 0 saturated carbocycles. The van der Waals surface area contributed by atoms with E-state index < -0.39 is 26.5 Å². The van der Waals surface area contributed by atoms with Crippen molar-refractivity contribution in [2.45, 2.75) is 367 Å². The maximum absolute atomic E-state index is 12.8. The van der Waals surface area contributed by atoms with Crippen LogP contribution < -0.4 is 5.73 Å². The second-order valence-corrected chi connectivity index (χ2v) is 28.0. The number of esters is 2. The lowest BCUT2D eigenvalue weighted by Gasteiger charge is -2.19. The summed E-state index contributed by atoms with van der Waals surface area (Å²) in [5.74, 6) is -0.835. The van der Waals surface area contributed by atoms with Crippen molar-refractivity contribution in [1.29, 1.82) is 0 Å². The van der Waals surface area contributed by atoms with Gasteiger partial charge in [-0.2, -0.15) is 0 Å². The Morgan fingerprint density at radius 2 is 0.567 bits per heavy atom. The number of hydrogen-bond acceptors (Lipinski definition) is 8. The predicted octanol–water partition coefficient (Wildman–Crippen LogP) is 27.3. The number of allylic oxidation sites excluding steroid dienone is 24. The van der Waals surface area contributed by atoms with E-state index in [1.165, 1.54) is 212 Å². The number of ether oxygens (including phenoxy) is 2. The molecule has 0 aliphatic heterocycles. The molecule has 0 aromatic carbocycles. The Labute approximate surface area is 598 Å². The minimum absolute atomic E-state index is 0.0463. The summed E-state index contributed by atoms with van der Waals surface area (Å²) >= 11 is 0. The van der Waals surface area contributed by atoms with Gasteiger partial charge in [-0.25, -0.2) is 4.57 Å². The Morgan fingerprint density at radius 1 is 0.320 bits per heavy atom. The molecule has 0 saturated heterocycles. The highest BCUT2D eigenvalue weighted by Gasteiger charge is 2.26. The van der Waals surface area contributed by atoms with Gasteiger partial charge in [0.05, 0.1) is 13.2 Å². The zero-order valence-corrected chi connectivity index (χ0v) is 63.7. The molecule has 0 heterocycles. The molecule has 2 atom stereocenters. The Morgan fingerprint density at radius 3 is 0.856 bits per heavy atom. The van der Waals surface area contributed by atoms with Crippen molar-refractivity contribution in [2.75, 3.05) is 26.4 Å². The minimum Gasteiger partial charge on any atom is -0.462 e. The number of hydrogen-bond donors (Lipinski definition) is 2. The Bertz CT molecular complexity index is 2110. The number of nitrogens with two attached hydrogens (primary N) is 1. The van der Waals surface area contributed by atoms with E-state index in [4.69, 9.17) is 24.3 Å². The zero-order valence-electron chi connectivity index (χ0n) is 62.8. The van der Waals surface area contributed by atoms with Gasteiger partial charge >= 0.3 is 19.8 Å². The van der Waals surface area contributed by atoms with E-state index in [1.54, 1.807) is 0 Å². The average Bonchev–Trinajstić information content (AvgIpc) is 2.57. The zero-order chi connectivity index (χ0) is 70.0. The highest BCUT2D eigenvalue weighted by Crippen LogP contribution is 2.43. The monoisotopic (exact) mass is 1370 g/mol. The molecule has 2 unspecified atom stereocenters. The van der Waals surface area contributed by atoms with Crippen LogP contribution in [0.15, 0.2) is 146 Å². The molecule has 0 spiro atoms. The van der Waals surface area contributed by atoms with Crippen LogP contribution >= 0.6 is 7.82 Å². The summed E-state index contributed by atoms with van der Waals surface area (Å²) in [4.78, 5) is 35.5. The van der Waals surface area contributed by atoms with Crippen LogP contribution in [0.25, 0.3) is 0 Å². The van der Waals surface area contributed by atoms with Crippen LogP contribution in [0.1, 0.15) is 361 Å². The second-order valence-electron chi connectivity index (χ2n) is 26.6. The van der Waals surface area contributed by atoms with E-state index in [1.807, 2.05) is 0 Å². The van der Waals surface area contributed by atoms with Crippen molar-refractivity contribution < 1.29 is 37.6 Å². The van der Waals surface area contributed by atoms with Gasteiger partial charge in [-0.1, -0.05) is 372 Å². The SMILES string of the molecule is CC/C=C\C/C=C\C/C=C\C/C=C\C/C=C\C/C=C\C/C=C\C/C=C\C/C=C\C/C=C\C/C=C\CCCCCCCCCC(=O)OC(COC(=O)CCCCCCCCCCCCCCCCCCCCCCCCC/C=C\CCCCCCCCCC)COP(=O)(O)OCCN. The van der Waals surface area contributed by atoms with E-state index >= 15 is 0 Å². The van der Waals surface area contributed by atoms with Gasteiger partial charge in [0.25, 0.3) is 0 Å². The molecule has 0 aliphatic carbocycles. The molecule has 3 N–H and O–H groups in total. The van der Waals surface area contributed by atoms with Gasteiger partial charge in [-0.3, -0.25) is 18.6 Å². The topological polar surface area (TPSA) is 134 Å². The fourth-order valence-electron chi connectivity index (χ4n) is 11.3. The quantitative estimate of drug-likeness (QED) is 0.0264. The molecule has 9 nitrogen and oxygen atoms in total. The molecule has 0 aliphatic rings. The first-order chi connectivity index (χ1) is 47.8. The minimum atomic E-state index is -4.41. The molecule has 0 fully saturated rings. The summed E-state index contributed by atoms with van der Waals surface area (Å²) in [7, 11) is -4.41. The van der Waals surface area contributed by atoms with Crippen molar-refractivity contribution >= 4 is 19.8 Å². The van der Waals surface area contributed by atoms with Gasteiger partial charge in [0.1, 0.15) is 6.61 Å². The van der Waals surface area contributed by atoms with Crippen molar-refractivity contribution in [2.24, 2.45) is 5.73 Å². The van der Waals surface area contributed by atoms with Gasteiger partial charge in [-0.15, -0.1) is 0 Å². The summed E-state index contributed by atoms with van der Waals surface area (Å²) < 4.78 is 33.3. The largest absolute Gasteiger partial charge is 0.472 e. The van der Waals surface area contributed by atoms with E-state index in [2.05, 4.69) is 160 Å². The number of rotatable bonds is 75. The summed E-state index contributed by atoms with van der Waals surface area (Å²) in [5.41, 5.74) is 5.41. The lowest BCUT2D eigenvalue weighted by atomic mass is 10.0. The molecule has 0 rings (SSSR count). The summed E-state index contributed by atoms with van der Waals surface area (Å²) in [5, 5.41) is 0. The molecular formula is C87H150NO8P. The van der Waals surface area contributed by atoms with E-state index in [9.17, 15) is 19.0 Å². The summed E-state index contributed by atoms with van der Waals surface area (Å²) in [6, 6.07) is 0. The van der Waals surface area contributed by atoms with Crippen LogP contribution in [0.4, 0.5) is 0 Å². The van der Waals surface area contributed by atoms with Crippen molar-refractivity contribution in [3.05, 3.63) is 146 Å². The van der Waals surface area contributed by atoms with Crippen molar-refractivity contribution in [3.8, 4) is 0 Å².